The Morgan fingerprint density at radius 2 is 1.97 bits per heavy atom. The first-order valence-electron chi connectivity index (χ1n) is 10.5. The van der Waals surface area contributed by atoms with Crippen LogP contribution in [0.3, 0.4) is 0 Å². The number of carbonyl (C=O) groups is 1. The normalized spacial score (nSPS) is 17.3. The van der Waals surface area contributed by atoms with Gasteiger partial charge in [-0.3, -0.25) is 9.78 Å². The molecular weight excluding hydrogens is 380 g/mol. The van der Waals surface area contributed by atoms with Gasteiger partial charge in [0.2, 0.25) is 0 Å². The molecular formula is C24H24N2O4. The van der Waals surface area contributed by atoms with Crippen molar-refractivity contribution < 1.29 is 13.9 Å². The lowest BCUT2D eigenvalue weighted by Crippen LogP contribution is -2.52. The maximum Gasteiger partial charge on any atom is 0.339 e. The van der Waals surface area contributed by atoms with E-state index in [1.165, 1.54) is 0 Å². The zero-order valence-electron chi connectivity index (χ0n) is 17.0. The minimum atomic E-state index is -0.614. The predicted octanol–water partition coefficient (Wildman–Crippen LogP) is 3.46. The van der Waals surface area contributed by atoms with Crippen molar-refractivity contribution >= 4 is 16.9 Å². The maximum atomic E-state index is 12.7. The van der Waals surface area contributed by atoms with E-state index in [9.17, 15) is 9.59 Å². The van der Waals surface area contributed by atoms with Gasteiger partial charge in [0, 0.05) is 47.9 Å². The van der Waals surface area contributed by atoms with Gasteiger partial charge >= 0.3 is 5.63 Å². The highest BCUT2D eigenvalue weighted by Gasteiger charge is 2.35. The van der Waals surface area contributed by atoms with Crippen molar-refractivity contribution in [3.05, 3.63) is 69.8 Å². The second-order valence-electron chi connectivity index (χ2n) is 8.17. The number of benzene rings is 1. The lowest BCUT2D eigenvalue weighted by Gasteiger charge is -2.40. The maximum absolute atomic E-state index is 12.7. The monoisotopic (exact) mass is 404 g/mol. The van der Waals surface area contributed by atoms with Gasteiger partial charge in [-0.1, -0.05) is 6.07 Å². The van der Waals surface area contributed by atoms with Gasteiger partial charge in [0.15, 0.2) is 6.10 Å². The molecule has 2 aliphatic rings. The van der Waals surface area contributed by atoms with Gasteiger partial charge in [-0.2, -0.15) is 0 Å². The van der Waals surface area contributed by atoms with E-state index < -0.39 is 6.10 Å². The van der Waals surface area contributed by atoms with Crippen LogP contribution in [0.4, 0.5) is 0 Å². The van der Waals surface area contributed by atoms with Crippen molar-refractivity contribution in [1.29, 1.82) is 0 Å². The van der Waals surface area contributed by atoms with Gasteiger partial charge < -0.3 is 14.1 Å². The summed E-state index contributed by atoms with van der Waals surface area (Å²) in [5.74, 6) is 0.765. The van der Waals surface area contributed by atoms with E-state index >= 15 is 0 Å². The van der Waals surface area contributed by atoms with Crippen LogP contribution in [0, 0.1) is 0 Å². The molecule has 154 valence electrons. The Labute approximate surface area is 174 Å². The number of rotatable bonds is 4. The van der Waals surface area contributed by atoms with Gasteiger partial charge in [-0.25, -0.2) is 4.79 Å². The minimum Gasteiger partial charge on any atom is -0.481 e. The Bertz CT molecular complexity index is 1150. The lowest BCUT2D eigenvalue weighted by molar-refractivity contribution is -0.142. The first kappa shape index (κ1) is 18.9. The number of nitrogens with zero attached hydrogens (tertiary/aromatic N) is 2. The third-order valence-electron chi connectivity index (χ3n) is 6.15. The van der Waals surface area contributed by atoms with Crippen molar-refractivity contribution in [2.24, 2.45) is 0 Å². The Hall–Kier alpha value is -3.15. The first-order valence-corrected chi connectivity index (χ1v) is 10.5. The van der Waals surface area contributed by atoms with Gasteiger partial charge in [-0.05, 0) is 62.4 Å². The standard InChI is InChI=1S/C24H24N2O4/c1-15(23(27)26-13-16(14-26)21-8-4-5-11-25-21)29-17-9-10-19-18-6-2-3-7-20(18)24(28)30-22(19)12-17/h4-5,8-12,15-16H,2-3,6-7,13-14H2,1H3. The zero-order chi connectivity index (χ0) is 20.7. The van der Waals surface area contributed by atoms with E-state index in [-0.39, 0.29) is 17.5 Å². The highest BCUT2D eigenvalue weighted by atomic mass is 16.5. The quantitative estimate of drug-likeness (QED) is 0.623. The van der Waals surface area contributed by atoms with Crippen LogP contribution in [-0.4, -0.2) is 35.0 Å². The van der Waals surface area contributed by atoms with E-state index in [1.54, 1.807) is 24.1 Å². The number of pyridine rings is 1. The summed E-state index contributed by atoms with van der Waals surface area (Å²) >= 11 is 0. The first-order chi connectivity index (χ1) is 14.6. The molecule has 0 N–H and O–H groups in total. The van der Waals surface area contributed by atoms with Crippen molar-refractivity contribution in [3.63, 3.8) is 0 Å². The van der Waals surface area contributed by atoms with Crippen LogP contribution in [0.1, 0.15) is 42.5 Å². The molecule has 1 fully saturated rings. The fourth-order valence-corrected chi connectivity index (χ4v) is 4.47. The largest absolute Gasteiger partial charge is 0.481 e. The average molecular weight is 404 g/mol. The summed E-state index contributed by atoms with van der Waals surface area (Å²) in [6.45, 7) is 3.06. The molecule has 0 radical (unpaired) electrons. The summed E-state index contributed by atoms with van der Waals surface area (Å²) in [5, 5.41) is 0.969. The van der Waals surface area contributed by atoms with E-state index in [2.05, 4.69) is 4.98 Å². The summed E-state index contributed by atoms with van der Waals surface area (Å²) in [5.41, 5.74) is 3.20. The van der Waals surface area contributed by atoms with Crippen LogP contribution >= 0.6 is 0 Å². The summed E-state index contributed by atoms with van der Waals surface area (Å²) in [7, 11) is 0. The van der Waals surface area contributed by atoms with Crippen LogP contribution in [0.5, 0.6) is 5.75 Å². The Kier molecular flexibility index (Phi) is 4.77. The molecule has 1 aliphatic carbocycles. The van der Waals surface area contributed by atoms with Crippen molar-refractivity contribution in [1.82, 2.24) is 9.88 Å². The number of hydrogen-bond acceptors (Lipinski definition) is 5. The molecule has 1 amide bonds. The molecule has 6 heteroatoms. The van der Waals surface area contributed by atoms with E-state index in [4.69, 9.17) is 9.15 Å². The van der Waals surface area contributed by atoms with Crippen LogP contribution in [0.2, 0.25) is 0 Å². The molecule has 1 atom stereocenters. The van der Waals surface area contributed by atoms with Crippen molar-refractivity contribution in [2.45, 2.75) is 44.6 Å². The zero-order valence-corrected chi connectivity index (χ0v) is 17.0. The minimum absolute atomic E-state index is 0.0471. The number of aryl methyl sites for hydroxylation is 1. The summed E-state index contributed by atoms with van der Waals surface area (Å²) in [6.07, 6.45) is 4.97. The molecule has 5 rings (SSSR count). The van der Waals surface area contributed by atoms with Crippen LogP contribution in [0.25, 0.3) is 11.0 Å². The highest BCUT2D eigenvalue weighted by molar-refractivity contribution is 5.84. The third-order valence-corrected chi connectivity index (χ3v) is 6.15. The molecule has 30 heavy (non-hydrogen) atoms. The van der Waals surface area contributed by atoms with Gasteiger partial charge in [0.25, 0.3) is 5.91 Å². The number of amides is 1. The number of carbonyl (C=O) groups excluding carboxylic acids is 1. The van der Waals surface area contributed by atoms with Gasteiger partial charge in [-0.15, -0.1) is 0 Å². The SMILES string of the molecule is CC(Oc1ccc2c3c(c(=O)oc2c1)CCCC3)C(=O)N1CC(c2ccccn2)C1. The molecule has 0 spiro atoms. The number of likely N-dealkylation sites (tertiary alicyclic amines) is 1. The number of ether oxygens (including phenoxy) is 1. The van der Waals surface area contributed by atoms with Crippen LogP contribution in [-0.2, 0) is 17.6 Å². The smallest absolute Gasteiger partial charge is 0.339 e. The average Bonchev–Trinajstić information content (AvgIpc) is 2.73. The predicted molar refractivity (Wildman–Crippen MR) is 113 cm³/mol. The molecule has 1 aromatic carbocycles. The van der Waals surface area contributed by atoms with E-state index in [0.29, 0.717) is 24.4 Å². The Morgan fingerprint density at radius 3 is 2.73 bits per heavy atom. The second kappa shape index (κ2) is 7.59. The third kappa shape index (κ3) is 3.36. The molecule has 1 unspecified atom stereocenters. The van der Waals surface area contributed by atoms with Gasteiger partial charge in [0.1, 0.15) is 11.3 Å². The van der Waals surface area contributed by atoms with Crippen LogP contribution in [0.15, 0.2) is 51.8 Å². The number of aromatic nitrogens is 1. The van der Waals surface area contributed by atoms with Crippen LogP contribution < -0.4 is 10.4 Å². The van der Waals surface area contributed by atoms with Gasteiger partial charge in [0.05, 0.1) is 0 Å². The molecule has 1 aliphatic heterocycles. The molecule has 3 heterocycles. The Balaban J connectivity index is 1.28. The topological polar surface area (TPSA) is 72.6 Å². The number of fused-ring (bicyclic) bond motifs is 3. The molecule has 3 aromatic rings. The summed E-state index contributed by atoms with van der Waals surface area (Å²) < 4.78 is 11.4. The fraction of sp³-hybridized carbons (Fsp3) is 0.375. The highest BCUT2D eigenvalue weighted by Crippen LogP contribution is 2.30. The van der Waals surface area contributed by atoms with Crippen molar-refractivity contribution in [2.75, 3.05) is 13.1 Å². The molecule has 6 nitrogen and oxygen atoms in total. The van der Waals surface area contributed by atoms with E-state index in [0.717, 1.165) is 47.9 Å². The molecule has 0 bridgehead atoms. The second-order valence-corrected chi connectivity index (χ2v) is 8.17. The molecule has 2 aromatic heterocycles. The van der Waals surface area contributed by atoms with E-state index in [1.807, 2.05) is 30.3 Å². The molecule has 1 saturated heterocycles. The summed E-state index contributed by atoms with van der Waals surface area (Å²) in [4.78, 5) is 31.2. The molecule has 0 saturated carbocycles. The Morgan fingerprint density at radius 1 is 1.17 bits per heavy atom. The summed E-state index contributed by atoms with van der Waals surface area (Å²) in [6, 6.07) is 11.4. The van der Waals surface area contributed by atoms with Crippen molar-refractivity contribution in [3.8, 4) is 5.75 Å². The fourth-order valence-electron chi connectivity index (χ4n) is 4.47. The number of hydrogen-bond donors (Lipinski definition) is 0. The lowest BCUT2D eigenvalue weighted by atomic mass is 9.91.